The molecule has 6 nitrogen and oxygen atoms in total. The van der Waals surface area contributed by atoms with Gasteiger partial charge in [-0.3, -0.25) is 9.69 Å². The van der Waals surface area contributed by atoms with Gasteiger partial charge >= 0.3 is 0 Å². The predicted molar refractivity (Wildman–Crippen MR) is 128 cm³/mol. The van der Waals surface area contributed by atoms with E-state index < -0.39 is 5.91 Å². The number of aryl methyl sites for hydroxylation is 1. The topological polar surface area (TPSA) is 75.3 Å². The molecule has 4 rings (SSSR count). The Labute approximate surface area is 190 Å². The first-order chi connectivity index (χ1) is 15.4. The van der Waals surface area contributed by atoms with Gasteiger partial charge in [0.1, 0.15) is 0 Å². The highest BCUT2D eigenvalue weighted by atomic mass is 16.1. The van der Waals surface area contributed by atoms with Gasteiger partial charge in [0.25, 0.3) is 0 Å². The summed E-state index contributed by atoms with van der Waals surface area (Å²) in [6.07, 6.45) is 5.27. The number of hydrogen-bond donors (Lipinski definition) is 1. The summed E-state index contributed by atoms with van der Waals surface area (Å²) >= 11 is 0. The molecule has 1 aliphatic rings. The second kappa shape index (κ2) is 9.49. The molecule has 1 aromatic heterocycles. The average Bonchev–Trinajstić information content (AvgIpc) is 2.80. The van der Waals surface area contributed by atoms with Gasteiger partial charge < -0.3 is 10.6 Å². The number of nitrogens with zero attached hydrogens (tertiary/aromatic N) is 4. The summed E-state index contributed by atoms with van der Waals surface area (Å²) in [7, 11) is 3.91. The van der Waals surface area contributed by atoms with Gasteiger partial charge in [-0.1, -0.05) is 42.8 Å². The number of anilines is 1. The van der Waals surface area contributed by atoms with Crippen LogP contribution in [0.1, 0.15) is 52.5 Å². The lowest BCUT2D eigenvalue weighted by Gasteiger charge is -2.36. The van der Waals surface area contributed by atoms with Crippen LogP contribution in [0.5, 0.6) is 0 Å². The highest BCUT2D eigenvalue weighted by Gasteiger charge is 2.29. The number of piperidine rings is 1. The third-order valence-corrected chi connectivity index (χ3v) is 6.23. The average molecular weight is 430 g/mol. The number of hydrogen-bond acceptors (Lipinski definition) is 5. The lowest BCUT2D eigenvalue weighted by atomic mass is 9.92. The van der Waals surface area contributed by atoms with E-state index in [1.54, 1.807) is 6.07 Å². The minimum absolute atomic E-state index is 0.178. The molecule has 0 radical (unpaired) electrons. The third kappa shape index (κ3) is 4.65. The fraction of sp³-hybridized carbons (Fsp3) is 0.346. The van der Waals surface area contributed by atoms with Crippen LogP contribution in [0.25, 0.3) is 11.1 Å². The van der Waals surface area contributed by atoms with Crippen LogP contribution in [0.15, 0.2) is 54.7 Å². The van der Waals surface area contributed by atoms with E-state index in [4.69, 9.17) is 10.7 Å². The summed E-state index contributed by atoms with van der Waals surface area (Å²) in [5.74, 6) is 0.259. The van der Waals surface area contributed by atoms with Crippen molar-refractivity contribution in [2.75, 3.05) is 25.5 Å². The van der Waals surface area contributed by atoms with Gasteiger partial charge in [0, 0.05) is 38.0 Å². The van der Waals surface area contributed by atoms with E-state index in [0.29, 0.717) is 11.5 Å². The number of rotatable bonds is 6. The van der Waals surface area contributed by atoms with Gasteiger partial charge in [0.15, 0.2) is 0 Å². The summed E-state index contributed by atoms with van der Waals surface area (Å²) in [5, 5.41) is 0. The molecule has 0 bridgehead atoms. The molecule has 166 valence electrons. The van der Waals surface area contributed by atoms with Crippen molar-refractivity contribution in [1.82, 2.24) is 14.9 Å². The van der Waals surface area contributed by atoms with Crippen LogP contribution in [-0.4, -0.2) is 41.4 Å². The molecular formula is C26H31N5O. The number of benzene rings is 2. The van der Waals surface area contributed by atoms with Crippen LogP contribution in [0, 0.1) is 6.92 Å². The molecule has 0 saturated carbocycles. The minimum atomic E-state index is -0.432. The number of carbonyl (C=O) groups is 1. The van der Waals surface area contributed by atoms with Gasteiger partial charge in [-0.2, -0.15) is 0 Å². The molecule has 2 aromatic carbocycles. The maximum Gasteiger partial charge on any atom is 0.248 e. The Morgan fingerprint density at radius 1 is 1.16 bits per heavy atom. The first-order valence-corrected chi connectivity index (χ1v) is 11.2. The van der Waals surface area contributed by atoms with Gasteiger partial charge in [0.2, 0.25) is 11.9 Å². The molecule has 1 amide bonds. The summed E-state index contributed by atoms with van der Waals surface area (Å²) in [5.41, 5.74) is 11.6. The number of aromatic nitrogens is 2. The maximum atomic E-state index is 11.8. The van der Waals surface area contributed by atoms with Crippen molar-refractivity contribution >= 4 is 11.9 Å². The SMILES string of the molecule is Cc1ccccc1CN1CCCC[C@H]1c1nc(N(C)C)ncc1-c1cccc(C(N)=O)c1. The molecule has 0 aliphatic carbocycles. The van der Waals surface area contributed by atoms with E-state index in [1.165, 1.54) is 17.5 Å². The molecule has 32 heavy (non-hydrogen) atoms. The normalized spacial score (nSPS) is 16.7. The van der Waals surface area contributed by atoms with Crippen molar-refractivity contribution < 1.29 is 4.79 Å². The van der Waals surface area contributed by atoms with Crippen molar-refractivity contribution in [3.05, 3.63) is 77.1 Å². The van der Waals surface area contributed by atoms with Crippen LogP contribution in [0.4, 0.5) is 5.95 Å². The molecule has 2 N–H and O–H groups in total. The molecule has 6 heteroatoms. The van der Waals surface area contributed by atoms with Crippen molar-refractivity contribution in [2.45, 2.75) is 38.8 Å². The zero-order chi connectivity index (χ0) is 22.7. The van der Waals surface area contributed by atoms with Crippen LogP contribution in [-0.2, 0) is 6.54 Å². The molecule has 1 atom stereocenters. The highest BCUT2D eigenvalue weighted by molar-refractivity contribution is 5.94. The molecular weight excluding hydrogens is 398 g/mol. The Morgan fingerprint density at radius 2 is 1.97 bits per heavy atom. The first kappa shape index (κ1) is 22.0. The standard InChI is InChI=1S/C26H31N5O/c1-18-9-4-5-10-21(18)17-31-14-7-6-13-23(31)24-22(16-28-26(29-24)30(2)3)19-11-8-12-20(15-19)25(27)32/h4-5,8-12,15-16,23H,6-7,13-14,17H2,1-3H3,(H2,27,32)/t23-/m0/s1. The molecule has 2 heterocycles. The van der Waals surface area contributed by atoms with Crippen molar-refractivity contribution in [3.63, 3.8) is 0 Å². The monoisotopic (exact) mass is 429 g/mol. The molecule has 1 aliphatic heterocycles. The lowest BCUT2D eigenvalue weighted by Crippen LogP contribution is -2.34. The Kier molecular flexibility index (Phi) is 6.51. The largest absolute Gasteiger partial charge is 0.366 e. The molecule has 1 saturated heterocycles. The molecule has 3 aromatic rings. The number of amides is 1. The van der Waals surface area contributed by atoms with E-state index in [0.717, 1.165) is 42.8 Å². The van der Waals surface area contributed by atoms with Gasteiger partial charge in [-0.05, 0) is 55.1 Å². The van der Waals surface area contributed by atoms with Crippen molar-refractivity contribution in [1.29, 1.82) is 0 Å². The van der Waals surface area contributed by atoms with Crippen LogP contribution >= 0.6 is 0 Å². The van der Waals surface area contributed by atoms with E-state index in [-0.39, 0.29) is 6.04 Å². The zero-order valence-electron chi connectivity index (χ0n) is 19.1. The van der Waals surface area contributed by atoms with Crippen LogP contribution in [0.2, 0.25) is 0 Å². The molecule has 0 spiro atoms. The quantitative estimate of drug-likeness (QED) is 0.631. The summed E-state index contributed by atoms with van der Waals surface area (Å²) in [6.45, 7) is 4.09. The van der Waals surface area contributed by atoms with Gasteiger partial charge in [0.05, 0.1) is 11.7 Å². The second-order valence-electron chi connectivity index (χ2n) is 8.72. The summed E-state index contributed by atoms with van der Waals surface area (Å²) < 4.78 is 0. The van der Waals surface area contributed by atoms with Crippen molar-refractivity contribution in [2.24, 2.45) is 5.73 Å². The van der Waals surface area contributed by atoms with Crippen LogP contribution in [0.3, 0.4) is 0 Å². The number of likely N-dealkylation sites (tertiary alicyclic amines) is 1. The minimum Gasteiger partial charge on any atom is -0.366 e. The number of primary amides is 1. The van der Waals surface area contributed by atoms with Gasteiger partial charge in [-0.15, -0.1) is 0 Å². The van der Waals surface area contributed by atoms with Gasteiger partial charge in [-0.25, -0.2) is 9.97 Å². The van der Waals surface area contributed by atoms with E-state index in [1.807, 2.05) is 43.4 Å². The summed E-state index contributed by atoms with van der Waals surface area (Å²) in [4.78, 5) is 25.9. The third-order valence-electron chi connectivity index (χ3n) is 6.23. The second-order valence-corrected chi connectivity index (χ2v) is 8.72. The summed E-state index contributed by atoms with van der Waals surface area (Å²) in [6, 6.07) is 16.2. The number of nitrogens with two attached hydrogens (primary N) is 1. The smallest absolute Gasteiger partial charge is 0.248 e. The number of carbonyl (C=O) groups excluding carboxylic acids is 1. The first-order valence-electron chi connectivity index (χ1n) is 11.2. The Hall–Kier alpha value is -3.25. The fourth-order valence-electron chi connectivity index (χ4n) is 4.41. The Balaban J connectivity index is 1.79. The Bertz CT molecular complexity index is 1110. The van der Waals surface area contributed by atoms with Crippen molar-refractivity contribution in [3.8, 4) is 11.1 Å². The van der Waals surface area contributed by atoms with Crippen LogP contribution < -0.4 is 10.6 Å². The molecule has 0 unspecified atom stereocenters. The van der Waals surface area contributed by atoms with E-state index in [2.05, 4.69) is 41.1 Å². The van der Waals surface area contributed by atoms with E-state index >= 15 is 0 Å². The highest BCUT2D eigenvalue weighted by Crippen LogP contribution is 2.37. The lowest BCUT2D eigenvalue weighted by molar-refractivity contribution is 0.100. The van der Waals surface area contributed by atoms with E-state index in [9.17, 15) is 4.79 Å². The molecule has 1 fully saturated rings. The maximum absolute atomic E-state index is 11.8. The Morgan fingerprint density at radius 3 is 2.72 bits per heavy atom. The fourth-order valence-corrected chi connectivity index (χ4v) is 4.41. The zero-order valence-corrected chi connectivity index (χ0v) is 19.1. The predicted octanol–water partition coefficient (Wildman–Crippen LogP) is 4.34.